The number of allylic oxidation sites excluding steroid dienone is 2. The Morgan fingerprint density at radius 3 is 2.45 bits per heavy atom. The number of rotatable bonds is 2. The molecule has 0 aliphatic heterocycles. The van der Waals surface area contributed by atoms with Crippen molar-refractivity contribution in [3.8, 4) is 0 Å². The molecule has 1 atom stereocenters. The van der Waals surface area contributed by atoms with E-state index in [1.807, 2.05) is 25.1 Å². The molecule has 1 rings (SSSR count). The predicted molar refractivity (Wildman–Crippen MR) is 45.1 cm³/mol. The third-order valence-electron chi connectivity index (χ3n) is 1.48. The van der Waals surface area contributed by atoms with Gasteiger partial charge < -0.3 is 0 Å². The topological polar surface area (TPSA) is 0 Å². The van der Waals surface area contributed by atoms with Crippen LogP contribution in [0.5, 0.6) is 0 Å². The molecule has 1 aromatic carbocycles. The lowest BCUT2D eigenvalue weighted by atomic mass is 10.1. The molecule has 0 nitrogen and oxygen atoms in total. The number of hydrogen-bond acceptors (Lipinski definition) is 0. The summed E-state index contributed by atoms with van der Waals surface area (Å²) < 4.78 is 13.0. The van der Waals surface area contributed by atoms with Crippen LogP contribution in [-0.4, -0.2) is 0 Å². The Bertz CT molecular complexity index is 226. The Labute approximate surface area is 66.4 Å². The van der Waals surface area contributed by atoms with Crippen molar-refractivity contribution in [2.75, 3.05) is 0 Å². The lowest BCUT2D eigenvalue weighted by Gasteiger charge is -2.00. The van der Waals surface area contributed by atoms with Gasteiger partial charge in [0.05, 0.1) is 0 Å². The van der Waals surface area contributed by atoms with E-state index in [0.717, 1.165) is 0 Å². The maximum absolute atomic E-state index is 13.0. The number of halogens is 1. The maximum Gasteiger partial charge on any atom is 0.143 e. The molecular formula is C10H11F. The van der Waals surface area contributed by atoms with Gasteiger partial charge >= 0.3 is 0 Å². The fourth-order valence-electron chi connectivity index (χ4n) is 0.917. The van der Waals surface area contributed by atoms with Gasteiger partial charge in [0, 0.05) is 0 Å². The fraction of sp³-hybridized carbons (Fsp3) is 0.200. The monoisotopic (exact) mass is 150 g/mol. The number of benzene rings is 1. The Balaban J connectivity index is 2.76. The van der Waals surface area contributed by atoms with E-state index in [1.165, 1.54) is 6.08 Å². The highest BCUT2D eigenvalue weighted by molar-refractivity contribution is 5.20. The molecule has 1 unspecified atom stereocenters. The van der Waals surface area contributed by atoms with Gasteiger partial charge in [-0.25, -0.2) is 4.39 Å². The highest BCUT2D eigenvalue weighted by Gasteiger charge is 2.01. The molecule has 0 saturated carbocycles. The molecule has 0 aromatic heterocycles. The van der Waals surface area contributed by atoms with Crippen LogP contribution in [0, 0.1) is 0 Å². The zero-order valence-electron chi connectivity index (χ0n) is 6.50. The molecule has 0 fully saturated rings. The van der Waals surface area contributed by atoms with Crippen molar-refractivity contribution in [3.05, 3.63) is 48.0 Å². The molecule has 0 aliphatic rings. The van der Waals surface area contributed by atoms with E-state index < -0.39 is 6.17 Å². The van der Waals surface area contributed by atoms with Crippen molar-refractivity contribution < 1.29 is 4.39 Å². The molecule has 0 heterocycles. The SMILES string of the molecule is C/C=C/C(F)c1ccccc1. The number of hydrogen-bond donors (Lipinski definition) is 0. The summed E-state index contributed by atoms with van der Waals surface area (Å²) in [6.45, 7) is 1.82. The lowest BCUT2D eigenvalue weighted by molar-refractivity contribution is 0.414. The smallest absolute Gasteiger partial charge is 0.143 e. The maximum atomic E-state index is 13.0. The molecule has 1 heteroatoms. The minimum Gasteiger partial charge on any atom is -0.238 e. The van der Waals surface area contributed by atoms with Gasteiger partial charge in [0.25, 0.3) is 0 Å². The first kappa shape index (κ1) is 7.99. The molecule has 58 valence electrons. The fourth-order valence-corrected chi connectivity index (χ4v) is 0.917. The van der Waals surface area contributed by atoms with E-state index in [9.17, 15) is 4.39 Å². The van der Waals surface area contributed by atoms with Crippen molar-refractivity contribution in [2.24, 2.45) is 0 Å². The Kier molecular flexibility index (Phi) is 2.84. The predicted octanol–water partition coefficient (Wildman–Crippen LogP) is 3.27. The van der Waals surface area contributed by atoms with Gasteiger partial charge in [0.2, 0.25) is 0 Å². The molecule has 1 aromatic rings. The van der Waals surface area contributed by atoms with Gasteiger partial charge in [-0.1, -0.05) is 42.5 Å². The third kappa shape index (κ3) is 2.19. The summed E-state index contributed by atoms with van der Waals surface area (Å²) in [5, 5.41) is 0. The summed E-state index contributed by atoms with van der Waals surface area (Å²) in [5.41, 5.74) is 0.714. The molecule has 0 amide bonds. The van der Waals surface area contributed by atoms with Gasteiger partial charge in [-0.2, -0.15) is 0 Å². The van der Waals surface area contributed by atoms with Crippen LogP contribution in [-0.2, 0) is 0 Å². The minimum atomic E-state index is -0.957. The van der Waals surface area contributed by atoms with E-state index in [1.54, 1.807) is 18.2 Å². The first-order chi connectivity index (χ1) is 5.34. The summed E-state index contributed by atoms with van der Waals surface area (Å²) in [7, 11) is 0. The van der Waals surface area contributed by atoms with Crippen LogP contribution in [0.25, 0.3) is 0 Å². The van der Waals surface area contributed by atoms with Gasteiger partial charge in [0.1, 0.15) is 6.17 Å². The molecule has 0 saturated heterocycles. The van der Waals surface area contributed by atoms with Gasteiger partial charge in [-0.05, 0) is 12.5 Å². The van der Waals surface area contributed by atoms with Crippen molar-refractivity contribution in [1.29, 1.82) is 0 Å². The molecule has 0 aliphatic carbocycles. The molecule has 11 heavy (non-hydrogen) atoms. The quantitative estimate of drug-likeness (QED) is 0.567. The Hall–Kier alpha value is -1.11. The highest BCUT2D eigenvalue weighted by Crippen LogP contribution is 2.17. The van der Waals surface area contributed by atoms with E-state index >= 15 is 0 Å². The van der Waals surface area contributed by atoms with Crippen LogP contribution >= 0.6 is 0 Å². The summed E-state index contributed by atoms with van der Waals surface area (Å²) >= 11 is 0. The van der Waals surface area contributed by atoms with E-state index in [-0.39, 0.29) is 0 Å². The van der Waals surface area contributed by atoms with Crippen molar-refractivity contribution in [3.63, 3.8) is 0 Å². The first-order valence-corrected chi connectivity index (χ1v) is 3.66. The standard InChI is InChI=1S/C10H11F/c1-2-6-10(11)9-7-4-3-5-8-9/h2-8,10H,1H3/b6-2+. The van der Waals surface area contributed by atoms with E-state index in [2.05, 4.69) is 0 Å². The van der Waals surface area contributed by atoms with Crippen LogP contribution in [0.1, 0.15) is 18.7 Å². The first-order valence-electron chi connectivity index (χ1n) is 3.66. The van der Waals surface area contributed by atoms with Crippen LogP contribution < -0.4 is 0 Å². The molecule has 0 bridgehead atoms. The van der Waals surface area contributed by atoms with E-state index in [0.29, 0.717) is 5.56 Å². The van der Waals surface area contributed by atoms with Crippen molar-refractivity contribution in [2.45, 2.75) is 13.1 Å². The van der Waals surface area contributed by atoms with Gasteiger partial charge in [0.15, 0.2) is 0 Å². The molecule has 0 radical (unpaired) electrons. The zero-order chi connectivity index (χ0) is 8.10. The van der Waals surface area contributed by atoms with Crippen LogP contribution in [0.4, 0.5) is 4.39 Å². The summed E-state index contributed by atoms with van der Waals surface area (Å²) in [6, 6.07) is 9.12. The second kappa shape index (κ2) is 3.91. The molecule has 0 N–H and O–H groups in total. The largest absolute Gasteiger partial charge is 0.238 e. The van der Waals surface area contributed by atoms with Crippen LogP contribution in [0.2, 0.25) is 0 Å². The normalized spacial score (nSPS) is 13.6. The average Bonchev–Trinajstić information content (AvgIpc) is 2.07. The average molecular weight is 150 g/mol. The number of alkyl halides is 1. The lowest BCUT2D eigenvalue weighted by Crippen LogP contribution is -1.84. The van der Waals surface area contributed by atoms with Gasteiger partial charge in [-0.15, -0.1) is 0 Å². The van der Waals surface area contributed by atoms with Crippen LogP contribution in [0.15, 0.2) is 42.5 Å². The second-order valence-electron chi connectivity index (χ2n) is 2.34. The zero-order valence-corrected chi connectivity index (χ0v) is 6.50. The Morgan fingerprint density at radius 1 is 1.27 bits per heavy atom. The summed E-state index contributed by atoms with van der Waals surface area (Å²) in [4.78, 5) is 0. The van der Waals surface area contributed by atoms with Crippen molar-refractivity contribution in [1.82, 2.24) is 0 Å². The van der Waals surface area contributed by atoms with Gasteiger partial charge in [-0.3, -0.25) is 0 Å². The van der Waals surface area contributed by atoms with Crippen molar-refractivity contribution >= 4 is 0 Å². The highest BCUT2D eigenvalue weighted by atomic mass is 19.1. The summed E-state index contributed by atoms with van der Waals surface area (Å²) in [6.07, 6.45) is 2.30. The summed E-state index contributed by atoms with van der Waals surface area (Å²) in [5.74, 6) is 0. The second-order valence-corrected chi connectivity index (χ2v) is 2.34. The minimum absolute atomic E-state index is 0.714. The Morgan fingerprint density at radius 2 is 1.91 bits per heavy atom. The third-order valence-corrected chi connectivity index (χ3v) is 1.48. The van der Waals surface area contributed by atoms with E-state index in [4.69, 9.17) is 0 Å². The van der Waals surface area contributed by atoms with Crippen LogP contribution in [0.3, 0.4) is 0 Å². The molecular weight excluding hydrogens is 139 g/mol. The molecule has 0 spiro atoms.